The molecule has 14 heteroatoms. The van der Waals surface area contributed by atoms with Gasteiger partial charge in [0.05, 0.1) is 5.69 Å². The van der Waals surface area contributed by atoms with Crippen LogP contribution in [-0.2, 0) is 20.6 Å². The Morgan fingerprint density at radius 2 is 1.80 bits per heavy atom. The number of carbonyl (C=O) groups is 1. The smallest absolute Gasteiger partial charge is 0.324 e. The number of nitrogens with zero attached hydrogens (tertiary/aromatic N) is 4. The minimum atomic E-state index is -3.94. The fourth-order valence-electron chi connectivity index (χ4n) is 4.40. The third-order valence-corrected chi connectivity index (χ3v) is 7.32. The van der Waals surface area contributed by atoms with Crippen molar-refractivity contribution in [2.45, 2.75) is 55.5 Å². The molecule has 2 aromatic rings. The normalized spacial score (nSPS) is 20.4. The van der Waals surface area contributed by atoms with E-state index in [1.165, 1.54) is 0 Å². The average Bonchev–Trinajstić information content (AvgIpc) is 3.28. The maximum atomic E-state index is 14.5. The fourth-order valence-corrected chi connectivity index (χ4v) is 5.13. The maximum absolute atomic E-state index is 14.5. The molecule has 2 saturated heterocycles. The van der Waals surface area contributed by atoms with Crippen molar-refractivity contribution in [1.29, 1.82) is 0 Å². The number of aromatic nitrogens is 2. The molecule has 2 aliphatic heterocycles. The van der Waals surface area contributed by atoms with Gasteiger partial charge in [0, 0.05) is 44.9 Å². The van der Waals surface area contributed by atoms with Gasteiger partial charge in [-0.1, -0.05) is 5.16 Å². The van der Waals surface area contributed by atoms with Crippen LogP contribution in [0, 0.1) is 11.6 Å². The van der Waals surface area contributed by atoms with E-state index in [1.54, 1.807) is 9.80 Å². The van der Waals surface area contributed by atoms with Crippen LogP contribution in [0.15, 0.2) is 21.6 Å². The number of hydrogen-bond donors (Lipinski definition) is 1. The Morgan fingerprint density at radius 3 is 2.40 bits per heavy atom. The first kappa shape index (κ1) is 25.2. The summed E-state index contributed by atoms with van der Waals surface area (Å²) in [4.78, 5) is 19.5. The van der Waals surface area contributed by atoms with Gasteiger partial charge >= 0.3 is 11.9 Å². The van der Waals surface area contributed by atoms with Gasteiger partial charge in [-0.3, -0.25) is 4.79 Å². The molecule has 0 unspecified atom stereocenters. The molecule has 1 N–H and O–H groups in total. The summed E-state index contributed by atoms with van der Waals surface area (Å²) in [5.74, 6) is -6.25. The monoisotopic (exact) mass is 519 g/mol. The van der Waals surface area contributed by atoms with Crippen LogP contribution in [0.1, 0.15) is 38.4 Å². The Kier molecular flexibility index (Phi) is 6.68. The summed E-state index contributed by atoms with van der Waals surface area (Å²) in [6, 6.07) is 0.414. The highest BCUT2D eigenvalue weighted by atomic mass is 32.2. The number of piperidine rings is 2. The molecule has 9 nitrogen and oxygen atoms in total. The number of likely N-dealkylation sites (tertiary alicyclic amines) is 1. The number of amides is 1. The Labute approximate surface area is 199 Å². The molecule has 35 heavy (non-hydrogen) atoms. The predicted octanol–water partition coefficient (Wildman–Crippen LogP) is 2.93. The highest BCUT2D eigenvalue weighted by molar-refractivity contribution is 7.90. The second-order valence-corrected chi connectivity index (χ2v) is 10.9. The Hall–Kier alpha value is -2.90. The first-order chi connectivity index (χ1) is 16.3. The molecule has 0 saturated carbocycles. The molecule has 0 spiro atoms. The van der Waals surface area contributed by atoms with E-state index >= 15 is 0 Å². The molecular formula is C21H25F4N5O4S. The molecular weight excluding hydrogens is 494 g/mol. The zero-order chi connectivity index (χ0) is 25.5. The van der Waals surface area contributed by atoms with Gasteiger partial charge in [0.2, 0.25) is 11.7 Å². The summed E-state index contributed by atoms with van der Waals surface area (Å²) in [6.45, 7) is 2.01. The van der Waals surface area contributed by atoms with Gasteiger partial charge in [-0.2, -0.15) is 13.8 Å². The number of rotatable bonds is 6. The van der Waals surface area contributed by atoms with Gasteiger partial charge in [0.25, 0.3) is 0 Å². The van der Waals surface area contributed by atoms with Crippen LogP contribution in [0.2, 0.25) is 0 Å². The van der Waals surface area contributed by atoms with Gasteiger partial charge in [-0.25, -0.2) is 17.2 Å². The maximum Gasteiger partial charge on any atom is 0.324 e. The van der Waals surface area contributed by atoms with Crippen molar-refractivity contribution in [3.05, 3.63) is 29.6 Å². The van der Waals surface area contributed by atoms with E-state index in [0.29, 0.717) is 58.3 Å². The molecule has 0 aliphatic carbocycles. The van der Waals surface area contributed by atoms with Crippen molar-refractivity contribution in [2.24, 2.45) is 0 Å². The van der Waals surface area contributed by atoms with Crippen LogP contribution in [0.3, 0.4) is 0 Å². The van der Waals surface area contributed by atoms with E-state index in [2.05, 4.69) is 15.5 Å². The van der Waals surface area contributed by atoms with Crippen LogP contribution in [0.25, 0.3) is 0 Å². The van der Waals surface area contributed by atoms with Crippen molar-refractivity contribution in [3.63, 3.8) is 0 Å². The topological polar surface area (TPSA) is 109 Å². The number of halogens is 4. The van der Waals surface area contributed by atoms with E-state index in [-0.39, 0.29) is 23.7 Å². The minimum Gasteiger partial charge on any atom is -0.371 e. The molecule has 1 atom stereocenters. The van der Waals surface area contributed by atoms with Gasteiger partial charge in [-0.15, -0.1) is 0 Å². The van der Waals surface area contributed by atoms with E-state index in [9.17, 15) is 30.8 Å². The first-order valence-corrected chi connectivity index (χ1v) is 13.0. The molecule has 1 aromatic heterocycles. The molecule has 1 amide bonds. The second kappa shape index (κ2) is 9.28. The van der Waals surface area contributed by atoms with E-state index in [4.69, 9.17) is 4.52 Å². The summed E-state index contributed by atoms with van der Waals surface area (Å²) in [5.41, 5.74) is -0.287. The third kappa shape index (κ3) is 5.36. The lowest BCUT2D eigenvalue weighted by Gasteiger charge is -2.42. The Bertz CT molecular complexity index is 1210. The van der Waals surface area contributed by atoms with Crippen molar-refractivity contribution in [2.75, 3.05) is 36.1 Å². The molecule has 192 valence electrons. The molecule has 0 bridgehead atoms. The number of anilines is 2. The molecule has 1 aromatic carbocycles. The van der Waals surface area contributed by atoms with E-state index < -0.39 is 44.2 Å². The zero-order valence-electron chi connectivity index (χ0n) is 19.1. The van der Waals surface area contributed by atoms with Gasteiger partial charge in [0.15, 0.2) is 9.84 Å². The second-order valence-electron chi connectivity index (χ2n) is 8.91. The summed E-state index contributed by atoms with van der Waals surface area (Å²) in [5, 5.41) is 6.05. The SMILES string of the molecule is CC(F)(F)c1noc(N2CCC(N3CCC[C@H](Nc4cc(F)c(S(C)(=O)=O)cc4F)C3=O)CC2)n1. The average molecular weight is 520 g/mol. The standard InChI is InChI=1S/C21H25F4N5O4S/c1-21(24,25)19-27-20(34-28-19)29-8-5-12(6-9-29)30-7-3-4-15(18(30)31)26-16-10-14(23)17(11-13(16)22)35(2,32)33/h10-12,15,26H,3-9H2,1-2H3/t15-/m0/s1. The number of carbonyl (C=O) groups excluding carboxylic acids is 1. The highest BCUT2D eigenvalue weighted by Crippen LogP contribution is 2.30. The number of nitrogens with one attached hydrogen (secondary N) is 1. The van der Waals surface area contributed by atoms with Gasteiger partial charge in [-0.05, 0) is 31.7 Å². The van der Waals surface area contributed by atoms with E-state index in [0.717, 1.165) is 12.3 Å². The molecule has 4 rings (SSSR count). The molecule has 3 heterocycles. The minimum absolute atomic E-state index is 0.000434. The highest BCUT2D eigenvalue weighted by Gasteiger charge is 2.37. The van der Waals surface area contributed by atoms with Crippen molar-refractivity contribution in [1.82, 2.24) is 15.0 Å². The van der Waals surface area contributed by atoms with E-state index in [1.807, 2.05) is 0 Å². The summed E-state index contributed by atoms with van der Waals surface area (Å²) in [6.07, 6.45) is 2.88. The number of benzene rings is 1. The van der Waals surface area contributed by atoms with Gasteiger partial charge < -0.3 is 19.6 Å². The third-order valence-electron chi connectivity index (χ3n) is 6.21. The van der Waals surface area contributed by atoms with Crippen molar-refractivity contribution < 1.29 is 35.3 Å². The largest absolute Gasteiger partial charge is 0.371 e. The lowest BCUT2D eigenvalue weighted by molar-refractivity contribution is -0.137. The summed E-state index contributed by atoms with van der Waals surface area (Å²) in [7, 11) is -3.94. The Balaban J connectivity index is 1.40. The molecule has 2 fully saturated rings. The van der Waals surface area contributed by atoms with Crippen molar-refractivity contribution >= 4 is 27.4 Å². The lowest BCUT2D eigenvalue weighted by atomic mass is 9.97. The van der Waals surface area contributed by atoms with Gasteiger partial charge in [0.1, 0.15) is 22.6 Å². The van der Waals surface area contributed by atoms with Crippen LogP contribution >= 0.6 is 0 Å². The lowest BCUT2D eigenvalue weighted by Crippen LogP contribution is -2.54. The fraction of sp³-hybridized carbons (Fsp3) is 0.571. The van der Waals surface area contributed by atoms with Crippen LogP contribution < -0.4 is 10.2 Å². The van der Waals surface area contributed by atoms with Crippen molar-refractivity contribution in [3.8, 4) is 0 Å². The summed E-state index contributed by atoms with van der Waals surface area (Å²) < 4.78 is 83.6. The Morgan fingerprint density at radius 1 is 1.11 bits per heavy atom. The number of hydrogen-bond acceptors (Lipinski definition) is 8. The quantitative estimate of drug-likeness (QED) is 0.581. The van der Waals surface area contributed by atoms with Crippen LogP contribution in [-0.4, -0.2) is 67.3 Å². The number of alkyl halides is 2. The zero-order valence-corrected chi connectivity index (χ0v) is 19.9. The predicted molar refractivity (Wildman–Crippen MR) is 117 cm³/mol. The summed E-state index contributed by atoms with van der Waals surface area (Å²) >= 11 is 0. The number of sulfone groups is 1. The molecule has 2 aliphatic rings. The van der Waals surface area contributed by atoms with Crippen LogP contribution in [0.4, 0.5) is 29.3 Å². The van der Waals surface area contributed by atoms with Crippen LogP contribution in [0.5, 0.6) is 0 Å². The first-order valence-electron chi connectivity index (χ1n) is 11.1. The molecule has 0 radical (unpaired) electrons.